The van der Waals surface area contributed by atoms with Gasteiger partial charge in [0.1, 0.15) is 5.92 Å². The zero-order valence-corrected chi connectivity index (χ0v) is 15.4. The lowest BCUT2D eigenvalue weighted by atomic mass is 9.51. The minimum atomic E-state index is -0.680. The molecule has 2 aliphatic rings. The van der Waals surface area contributed by atoms with Crippen molar-refractivity contribution >= 4 is 11.8 Å². The minimum Gasteiger partial charge on any atom is -0.465 e. The van der Waals surface area contributed by atoms with E-state index in [2.05, 4.69) is 16.3 Å². The first-order valence-corrected chi connectivity index (χ1v) is 9.18. The van der Waals surface area contributed by atoms with Crippen molar-refractivity contribution in [3.8, 4) is 6.07 Å². The van der Waals surface area contributed by atoms with Crippen molar-refractivity contribution in [2.75, 3.05) is 7.11 Å². The number of hydrogen-bond donors (Lipinski definition) is 1. The maximum Gasteiger partial charge on any atom is 0.337 e. The average molecular weight is 363 g/mol. The van der Waals surface area contributed by atoms with Crippen molar-refractivity contribution < 1.29 is 14.3 Å². The van der Waals surface area contributed by atoms with Gasteiger partial charge < -0.3 is 4.74 Å². The van der Waals surface area contributed by atoms with Crippen LogP contribution in [0, 0.1) is 29.1 Å². The van der Waals surface area contributed by atoms with Crippen LogP contribution in [0.25, 0.3) is 0 Å². The Kier molecular flexibility index (Phi) is 4.11. The lowest BCUT2D eigenvalue weighted by Crippen LogP contribution is -2.52. The highest BCUT2D eigenvalue weighted by Gasteiger charge is 2.56. The van der Waals surface area contributed by atoms with E-state index in [9.17, 15) is 14.9 Å². The fraction of sp³-hybridized carbons (Fsp3) is 0.429. The molecule has 0 aliphatic heterocycles. The number of H-pyrrole nitrogens is 1. The zero-order chi connectivity index (χ0) is 19.2. The number of nitrogens with one attached hydrogen (secondary N) is 1. The molecule has 0 spiro atoms. The fourth-order valence-corrected chi connectivity index (χ4v) is 5.11. The largest absolute Gasteiger partial charge is 0.465 e. The predicted octanol–water partition coefficient (Wildman–Crippen LogP) is 2.79. The molecule has 138 valence electrons. The van der Waals surface area contributed by atoms with Crippen molar-refractivity contribution in [3.05, 3.63) is 52.8 Å². The van der Waals surface area contributed by atoms with Crippen LogP contribution in [0.4, 0.5) is 0 Å². The maximum atomic E-state index is 12.7. The van der Waals surface area contributed by atoms with Crippen LogP contribution in [0.1, 0.15) is 46.9 Å². The lowest BCUT2D eigenvalue weighted by Gasteiger charge is -2.50. The summed E-state index contributed by atoms with van der Waals surface area (Å²) in [4.78, 5) is 24.8. The molecule has 0 bridgehead atoms. The Labute approximate surface area is 157 Å². The van der Waals surface area contributed by atoms with Gasteiger partial charge in [-0.15, -0.1) is 0 Å². The number of methoxy groups -OCH3 is 1. The Bertz CT molecular complexity index is 958. The van der Waals surface area contributed by atoms with Gasteiger partial charge in [-0.1, -0.05) is 19.1 Å². The first-order valence-electron chi connectivity index (χ1n) is 9.18. The SMILES string of the molecule is COC(=O)c1cccc([C@]23CC(C#N)C(=O)[C@@H](C)[C@@H]2CCc2c[nH]nc23)c1. The molecule has 6 nitrogen and oxygen atoms in total. The van der Waals surface area contributed by atoms with Gasteiger partial charge >= 0.3 is 5.97 Å². The number of carbonyl (C=O) groups is 2. The van der Waals surface area contributed by atoms with Crippen LogP contribution < -0.4 is 0 Å². The summed E-state index contributed by atoms with van der Waals surface area (Å²) in [7, 11) is 1.36. The third-order valence-corrected chi connectivity index (χ3v) is 6.38. The van der Waals surface area contributed by atoms with Gasteiger partial charge in [-0.3, -0.25) is 9.89 Å². The molecule has 1 aromatic carbocycles. The van der Waals surface area contributed by atoms with Crippen molar-refractivity contribution in [2.24, 2.45) is 17.8 Å². The summed E-state index contributed by atoms with van der Waals surface area (Å²) >= 11 is 0. The van der Waals surface area contributed by atoms with Gasteiger partial charge in [0.15, 0.2) is 5.78 Å². The Morgan fingerprint density at radius 3 is 3.00 bits per heavy atom. The number of carbonyl (C=O) groups excluding carboxylic acids is 2. The van der Waals surface area contributed by atoms with Crippen LogP contribution in [0.3, 0.4) is 0 Å². The van der Waals surface area contributed by atoms with Crippen LogP contribution in [0.2, 0.25) is 0 Å². The van der Waals surface area contributed by atoms with Gasteiger partial charge in [0.05, 0.1) is 24.4 Å². The number of benzene rings is 1. The van der Waals surface area contributed by atoms with Crippen molar-refractivity contribution in [3.63, 3.8) is 0 Å². The molecular formula is C21H21N3O3. The van der Waals surface area contributed by atoms with Crippen molar-refractivity contribution in [1.82, 2.24) is 10.2 Å². The zero-order valence-electron chi connectivity index (χ0n) is 15.4. The van der Waals surface area contributed by atoms with Crippen LogP contribution >= 0.6 is 0 Å². The Morgan fingerprint density at radius 2 is 2.26 bits per heavy atom. The number of aromatic nitrogens is 2. The van der Waals surface area contributed by atoms with Gasteiger partial charge in [0.25, 0.3) is 0 Å². The van der Waals surface area contributed by atoms with Crippen LogP contribution in [-0.2, 0) is 21.4 Å². The van der Waals surface area contributed by atoms with Crippen molar-refractivity contribution in [1.29, 1.82) is 5.26 Å². The number of ether oxygens (including phenoxy) is 1. The molecule has 1 aromatic heterocycles. The van der Waals surface area contributed by atoms with E-state index in [0.29, 0.717) is 12.0 Å². The lowest BCUT2D eigenvalue weighted by molar-refractivity contribution is -0.131. The summed E-state index contributed by atoms with van der Waals surface area (Å²) in [6, 6.07) is 9.56. The summed E-state index contributed by atoms with van der Waals surface area (Å²) < 4.78 is 4.88. The number of nitriles is 1. The molecule has 2 aromatic rings. The summed E-state index contributed by atoms with van der Waals surface area (Å²) in [5.41, 5.74) is 2.84. The number of aromatic amines is 1. The molecule has 1 saturated carbocycles. The number of rotatable bonds is 2. The minimum absolute atomic E-state index is 0.0150. The number of Topliss-reactive ketones (excluding diaryl/α,β-unsaturated/α-hetero) is 1. The Morgan fingerprint density at radius 1 is 1.44 bits per heavy atom. The third-order valence-electron chi connectivity index (χ3n) is 6.38. The monoisotopic (exact) mass is 363 g/mol. The molecule has 1 N–H and O–H groups in total. The van der Waals surface area contributed by atoms with Gasteiger partial charge in [-0.2, -0.15) is 10.4 Å². The Hall–Kier alpha value is -2.94. The van der Waals surface area contributed by atoms with E-state index < -0.39 is 17.3 Å². The normalized spacial score (nSPS) is 29.4. The highest BCUT2D eigenvalue weighted by molar-refractivity contribution is 5.90. The second-order valence-electron chi connectivity index (χ2n) is 7.52. The van der Waals surface area contributed by atoms with Gasteiger partial charge in [0.2, 0.25) is 0 Å². The highest BCUT2D eigenvalue weighted by Crippen LogP contribution is 2.55. The van der Waals surface area contributed by atoms with Gasteiger partial charge in [0, 0.05) is 17.5 Å². The summed E-state index contributed by atoms with van der Waals surface area (Å²) in [5, 5.41) is 17.2. The molecular weight excluding hydrogens is 342 g/mol. The van der Waals surface area contributed by atoms with Crippen LogP contribution in [0.15, 0.2) is 30.5 Å². The fourth-order valence-electron chi connectivity index (χ4n) is 5.11. The van der Waals surface area contributed by atoms with E-state index >= 15 is 0 Å². The predicted molar refractivity (Wildman–Crippen MR) is 96.9 cm³/mol. The number of fused-ring (bicyclic) bond motifs is 3. The van der Waals surface area contributed by atoms with Gasteiger partial charge in [-0.05, 0) is 48.4 Å². The molecule has 0 amide bonds. The summed E-state index contributed by atoms with van der Waals surface area (Å²) in [5.74, 6) is -1.27. The molecule has 6 heteroatoms. The molecule has 4 rings (SSSR count). The molecule has 0 saturated heterocycles. The number of hydrogen-bond acceptors (Lipinski definition) is 5. The van der Waals surface area contributed by atoms with Crippen molar-refractivity contribution in [2.45, 2.75) is 31.6 Å². The number of ketones is 1. The second kappa shape index (κ2) is 6.34. The smallest absolute Gasteiger partial charge is 0.337 e. The molecule has 1 unspecified atom stereocenters. The van der Waals surface area contributed by atoms with Crippen LogP contribution in [-0.4, -0.2) is 29.1 Å². The summed E-state index contributed by atoms with van der Waals surface area (Å²) in [6.45, 7) is 1.92. The van der Waals surface area contributed by atoms with E-state index in [1.165, 1.54) is 7.11 Å². The number of nitrogens with zero attached hydrogens (tertiary/aromatic N) is 2. The molecule has 4 atom stereocenters. The topological polar surface area (TPSA) is 95.8 Å². The Balaban J connectivity index is 1.96. The van der Waals surface area contributed by atoms with E-state index in [0.717, 1.165) is 29.7 Å². The maximum absolute atomic E-state index is 12.7. The first kappa shape index (κ1) is 17.5. The molecule has 27 heavy (non-hydrogen) atoms. The molecule has 2 aliphatic carbocycles. The average Bonchev–Trinajstić information content (AvgIpc) is 3.19. The van der Waals surface area contributed by atoms with Crippen LogP contribution in [0.5, 0.6) is 0 Å². The molecule has 1 fully saturated rings. The number of aryl methyl sites for hydroxylation is 1. The van der Waals surface area contributed by atoms with Gasteiger partial charge in [-0.25, -0.2) is 4.79 Å². The first-order chi connectivity index (χ1) is 13.0. The quantitative estimate of drug-likeness (QED) is 0.828. The molecule has 1 heterocycles. The van der Waals surface area contributed by atoms with E-state index in [1.807, 2.05) is 31.3 Å². The van der Waals surface area contributed by atoms with E-state index in [4.69, 9.17) is 4.74 Å². The van der Waals surface area contributed by atoms with E-state index in [-0.39, 0.29) is 17.6 Å². The third kappa shape index (κ3) is 2.42. The summed E-state index contributed by atoms with van der Waals surface area (Å²) in [6.07, 6.45) is 3.99. The second-order valence-corrected chi connectivity index (χ2v) is 7.52. The van der Waals surface area contributed by atoms with E-state index in [1.54, 1.807) is 6.07 Å². The standard InChI is InChI=1S/C21H21N3O3/c1-12-17-7-6-14-11-23-24-19(14)21(17,9-15(10-22)18(12)25)16-5-3-4-13(8-16)20(26)27-2/h3-5,8,11-12,15,17H,6-7,9H2,1-2H3,(H,23,24)/t12-,15?,17-,21+/m0/s1. The number of esters is 1. The highest BCUT2D eigenvalue weighted by atomic mass is 16.5. The molecule has 0 radical (unpaired) electrons.